The molecule has 0 spiro atoms. The fourth-order valence-corrected chi connectivity index (χ4v) is 1.59. The Morgan fingerprint density at radius 3 is 2.78 bits per heavy atom. The van der Waals surface area contributed by atoms with Crippen molar-refractivity contribution in [3.8, 4) is 11.6 Å². The number of nitro groups is 1. The fraction of sp³-hybridized carbons (Fsp3) is 0. The minimum Gasteiger partial charge on any atom is -0.438 e. The number of ether oxygens (including phenoxy) is 1. The zero-order valence-corrected chi connectivity index (χ0v) is 10.4. The molecular weight excluding hydrogens is 307 g/mol. The van der Waals surface area contributed by atoms with Crippen molar-refractivity contribution >= 4 is 21.6 Å². The van der Waals surface area contributed by atoms with Gasteiger partial charge in [0.05, 0.1) is 9.40 Å². The Morgan fingerprint density at radius 1 is 1.39 bits per heavy atom. The van der Waals surface area contributed by atoms with Gasteiger partial charge in [-0.15, -0.1) is 0 Å². The molecule has 0 aliphatic carbocycles. The second kappa shape index (κ2) is 5.09. The lowest BCUT2D eigenvalue weighted by molar-refractivity contribution is -0.387. The van der Waals surface area contributed by atoms with Crippen LogP contribution in [0.5, 0.6) is 11.6 Å². The van der Waals surface area contributed by atoms with Gasteiger partial charge in [-0.3, -0.25) is 10.1 Å². The molecule has 18 heavy (non-hydrogen) atoms. The van der Waals surface area contributed by atoms with Crippen LogP contribution in [0.4, 0.5) is 10.1 Å². The van der Waals surface area contributed by atoms with Crippen LogP contribution in [0.2, 0.25) is 0 Å². The van der Waals surface area contributed by atoms with E-state index in [0.717, 1.165) is 12.1 Å². The third-order valence-electron chi connectivity index (χ3n) is 2.06. The molecule has 0 aliphatic heterocycles. The highest BCUT2D eigenvalue weighted by Crippen LogP contribution is 2.29. The van der Waals surface area contributed by atoms with Gasteiger partial charge in [-0.05, 0) is 34.1 Å². The highest BCUT2D eigenvalue weighted by atomic mass is 79.9. The topological polar surface area (TPSA) is 65.3 Å². The van der Waals surface area contributed by atoms with Crippen molar-refractivity contribution in [2.24, 2.45) is 0 Å². The number of halogens is 2. The molecule has 7 heteroatoms. The van der Waals surface area contributed by atoms with Crippen LogP contribution in [0.15, 0.2) is 41.0 Å². The summed E-state index contributed by atoms with van der Waals surface area (Å²) in [7, 11) is 0. The van der Waals surface area contributed by atoms with Crippen molar-refractivity contribution in [3.63, 3.8) is 0 Å². The Kier molecular flexibility index (Phi) is 3.52. The molecule has 0 amide bonds. The smallest absolute Gasteiger partial charge is 0.305 e. The molecule has 0 bridgehead atoms. The van der Waals surface area contributed by atoms with Crippen LogP contribution in [0.1, 0.15) is 0 Å². The number of aromatic nitrogens is 1. The van der Waals surface area contributed by atoms with E-state index in [-0.39, 0.29) is 11.6 Å². The third-order valence-corrected chi connectivity index (χ3v) is 2.66. The monoisotopic (exact) mass is 312 g/mol. The van der Waals surface area contributed by atoms with E-state index >= 15 is 0 Å². The SMILES string of the molecule is O=[N+]([O-])c1ccc(Oc2ncccc2Br)cc1F. The number of rotatable bonds is 3. The van der Waals surface area contributed by atoms with Gasteiger partial charge in [0.2, 0.25) is 11.7 Å². The van der Waals surface area contributed by atoms with Gasteiger partial charge in [-0.2, -0.15) is 4.39 Å². The summed E-state index contributed by atoms with van der Waals surface area (Å²) in [6.45, 7) is 0. The highest BCUT2D eigenvalue weighted by molar-refractivity contribution is 9.10. The normalized spacial score (nSPS) is 10.1. The lowest BCUT2D eigenvalue weighted by Gasteiger charge is -2.05. The van der Waals surface area contributed by atoms with Gasteiger partial charge < -0.3 is 4.74 Å². The average molecular weight is 313 g/mol. The molecule has 0 saturated heterocycles. The lowest BCUT2D eigenvalue weighted by Crippen LogP contribution is -1.94. The van der Waals surface area contributed by atoms with E-state index < -0.39 is 16.4 Å². The van der Waals surface area contributed by atoms with E-state index in [9.17, 15) is 14.5 Å². The lowest BCUT2D eigenvalue weighted by atomic mass is 10.3. The summed E-state index contributed by atoms with van der Waals surface area (Å²) in [5.41, 5.74) is -0.595. The van der Waals surface area contributed by atoms with E-state index in [0.29, 0.717) is 4.47 Å². The van der Waals surface area contributed by atoms with Gasteiger partial charge in [-0.25, -0.2) is 4.98 Å². The van der Waals surface area contributed by atoms with Crippen LogP contribution >= 0.6 is 15.9 Å². The Hall–Kier alpha value is -2.02. The summed E-state index contributed by atoms with van der Waals surface area (Å²) in [6, 6.07) is 6.71. The molecule has 92 valence electrons. The first-order valence-corrected chi connectivity index (χ1v) is 5.59. The van der Waals surface area contributed by atoms with Crippen LogP contribution < -0.4 is 4.74 Å². The number of pyridine rings is 1. The van der Waals surface area contributed by atoms with Crippen molar-refractivity contribution in [2.75, 3.05) is 0 Å². The number of nitro benzene ring substituents is 1. The molecule has 1 heterocycles. The second-order valence-electron chi connectivity index (χ2n) is 3.26. The first-order valence-electron chi connectivity index (χ1n) is 4.80. The number of benzene rings is 1. The van der Waals surface area contributed by atoms with Gasteiger partial charge in [0.25, 0.3) is 0 Å². The molecule has 0 fully saturated rings. The maximum Gasteiger partial charge on any atom is 0.305 e. The maximum atomic E-state index is 13.4. The minimum atomic E-state index is -0.954. The minimum absolute atomic E-state index is 0.137. The molecule has 0 aliphatic rings. The summed E-state index contributed by atoms with van der Waals surface area (Å²) in [4.78, 5) is 13.6. The molecule has 0 radical (unpaired) electrons. The van der Waals surface area contributed by atoms with Gasteiger partial charge in [0.15, 0.2) is 0 Å². The highest BCUT2D eigenvalue weighted by Gasteiger charge is 2.15. The van der Waals surface area contributed by atoms with Gasteiger partial charge in [-0.1, -0.05) is 0 Å². The van der Waals surface area contributed by atoms with Crippen molar-refractivity contribution in [3.05, 3.63) is 56.9 Å². The molecule has 0 unspecified atom stereocenters. The average Bonchev–Trinajstić information content (AvgIpc) is 2.32. The number of nitrogens with zero attached hydrogens (tertiary/aromatic N) is 2. The Labute approximate surface area is 110 Å². The van der Waals surface area contributed by atoms with Crippen molar-refractivity contribution in [1.29, 1.82) is 0 Å². The van der Waals surface area contributed by atoms with Crippen LogP contribution in [0.3, 0.4) is 0 Å². The van der Waals surface area contributed by atoms with Crippen LogP contribution in [0, 0.1) is 15.9 Å². The summed E-state index contributed by atoms with van der Waals surface area (Å²) in [5, 5.41) is 10.5. The van der Waals surface area contributed by atoms with Crippen molar-refractivity contribution < 1.29 is 14.1 Å². The zero-order chi connectivity index (χ0) is 13.1. The van der Waals surface area contributed by atoms with Crippen LogP contribution in [-0.4, -0.2) is 9.91 Å². The van der Waals surface area contributed by atoms with E-state index in [2.05, 4.69) is 20.9 Å². The first kappa shape index (κ1) is 12.4. The molecule has 5 nitrogen and oxygen atoms in total. The van der Waals surface area contributed by atoms with Gasteiger partial charge in [0.1, 0.15) is 5.75 Å². The molecule has 0 saturated carbocycles. The maximum absolute atomic E-state index is 13.4. The van der Waals surface area contributed by atoms with Gasteiger partial charge >= 0.3 is 5.69 Å². The Morgan fingerprint density at radius 2 is 2.17 bits per heavy atom. The van der Waals surface area contributed by atoms with Crippen molar-refractivity contribution in [1.82, 2.24) is 4.98 Å². The zero-order valence-electron chi connectivity index (χ0n) is 8.84. The van der Waals surface area contributed by atoms with Crippen LogP contribution in [-0.2, 0) is 0 Å². The van der Waals surface area contributed by atoms with Crippen molar-refractivity contribution in [2.45, 2.75) is 0 Å². The Balaban J connectivity index is 2.29. The standard InChI is InChI=1S/C11H6BrFN2O3/c12-8-2-1-5-14-11(8)18-7-3-4-10(15(16)17)9(13)6-7/h1-6H. The van der Waals surface area contributed by atoms with E-state index in [1.807, 2.05) is 0 Å². The quantitative estimate of drug-likeness (QED) is 0.640. The summed E-state index contributed by atoms with van der Waals surface area (Å²) >= 11 is 3.22. The van der Waals surface area contributed by atoms with E-state index in [1.165, 1.54) is 12.3 Å². The third kappa shape index (κ3) is 2.62. The van der Waals surface area contributed by atoms with Gasteiger partial charge in [0, 0.05) is 18.3 Å². The van der Waals surface area contributed by atoms with Crippen LogP contribution in [0.25, 0.3) is 0 Å². The molecule has 2 rings (SSSR count). The molecule has 1 aromatic heterocycles. The summed E-state index contributed by atoms with van der Waals surface area (Å²) in [5.74, 6) is -0.562. The molecular formula is C11H6BrFN2O3. The Bertz CT molecular complexity index is 607. The predicted molar refractivity (Wildman–Crippen MR) is 65.1 cm³/mol. The molecule has 2 aromatic rings. The molecule has 1 aromatic carbocycles. The fourth-order valence-electron chi connectivity index (χ4n) is 1.26. The first-order chi connectivity index (χ1) is 8.58. The molecule has 0 atom stereocenters. The van der Waals surface area contributed by atoms with E-state index in [4.69, 9.17) is 4.74 Å². The predicted octanol–water partition coefficient (Wildman–Crippen LogP) is 3.68. The number of hydrogen-bond acceptors (Lipinski definition) is 4. The largest absolute Gasteiger partial charge is 0.438 e. The summed E-state index contributed by atoms with van der Waals surface area (Å²) in [6.07, 6.45) is 1.52. The van der Waals surface area contributed by atoms with E-state index in [1.54, 1.807) is 12.1 Å². The molecule has 0 N–H and O–H groups in total. The number of hydrogen-bond donors (Lipinski definition) is 0. The summed E-state index contributed by atoms with van der Waals surface area (Å²) < 4.78 is 19.3. The second-order valence-corrected chi connectivity index (χ2v) is 4.12.